The van der Waals surface area contributed by atoms with Crippen LogP contribution in [0, 0.1) is 5.92 Å². The van der Waals surface area contributed by atoms with E-state index in [4.69, 9.17) is 4.74 Å². The molecule has 1 fully saturated rings. The van der Waals surface area contributed by atoms with Crippen LogP contribution in [-0.4, -0.2) is 76.6 Å². The van der Waals surface area contributed by atoms with Gasteiger partial charge in [-0.05, 0) is 41.8 Å². The Morgan fingerprint density at radius 2 is 1.74 bits per heavy atom. The summed E-state index contributed by atoms with van der Waals surface area (Å²) in [6.07, 6.45) is 5.74. The van der Waals surface area contributed by atoms with Crippen LogP contribution in [0.1, 0.15) is 23.5 Å². The van der Waals surface area contributed by atoms with Crippen molar-refractivity contribution >= 4 is 34.7 Å². The van der Waals surface area contributed by atoms with Gasteiger partial charge in [0, 0.05) is 43.6 Å². The average molecular weight is 578 g/mol. The van der Waals surface area contributed by atoms with Crippen LogP contribution in [-0.2, 0) is 20.9 Å². The van der Waals surface area contributed by atoms with E-state index >= 15 is 0 Å². The van der Waals surface area contributed by atoms with Gasteiger partial charge in [0.05, 0.1) is 24.2 Å². The molecule has 9 heteroatoms. The summed E-state index contributed by atoms with van der Waals surface area (Å²) in [7, 11) is 0. The molecular formula is C34H35N5O4. The third-order valence-electron chi connectivity index (χ3n) is 8.20. The SMILES string of the molecule is O=C1NCCCN(C(=O)Cn2ncc3ccccc32)CCOc2cccc(c2)[C@H]2CN(C(=O)/C=C/c3ccccc3)C[C@H]12. The van der Waals surface area contributed by atoms with E-state index in [1.165, 1.54) is 0 Å². The number of hydrogen-bond donors (Lipinski definition) is 1. The monoisotopic (exact) mass is 577 g/mol. The van der Waals surface area contributed by atoms with Crippen molar-refractivity contribution in [2.45, 2.75) is 18.9 Å². The number of aromatic nitrogens is 2. The molecule has 3 amide bonds. The van der Waals surface area contributed by atoms with Gasteiger partial charge in [-0.2, -0.15) is 5.10 Å². The molecule has 3 aromatic carbocycles. The molecule has 2 aliphatic rings. The minimum absolute atomic E-state index is 0.0572. The molecule has 0 unspecified atom stereocenters. The number of rotatable bonds is 4. The van der Waals surface area contributed by atoms with E-state index in [0.29, 0.717) is 51.5 Å². The highest BCUT2D eigenvalue weighted by Gasteiger charge is 2.40. The van der Waals surface area contributed by atoms with Gasteiger partial charge in [-0.15, -0.1) is 0 Å². The highest BCUT2D eigenvalue weighted by Crippen LogP contribution is 2.35. The second-order valence-corrected chi connectivity index (χ2v) is 11.0. The van der Waals surface area contributed by atoms with Crippen molar-refractivity contribution in [3.8, 4) is 5.75 Å². The molecule has 2 aliphatic heterocycles. The first kappa shape index (κ1) is 28.2. The number of amides is 3. The summed E-state index contributed by atoms with van der Waals surface area (Å²) in [5.74, 6) is -0.128. The Hall–Kier alpha value is -4.92. The normalized spacial score (nSPS) is 19.5. The summed E-state index contributed by atoms with van der Waals surface area (Å²) in [6, 6.07) is 25.2. The second-order valence-electron chi connectivity index (χ2n) is 11.0. The highest BCUT2D eigenvalue weighted by atomic mass is 16.5. The van der Waals surface area contributed by atoms with Crippen molar-refractivity contribution in [2.24, 2.45) is 5.92 Å². The number of benzene rings is 3. The minimum Gasteiger partial charge on any atom is -0.492 e. The van der Waals surface area contributed by atoms with Gasteiger partial charge in [-0.1, -0.05) is 60.7 Å². The first-order valence-electron chi connectivity index (χ1n) is 14.8. The smallest absolute Gasteiger partial charge is 0.246 e. The maximum atomic E-state index is 13.5. The van der Waals surface area contributed by atoms with Gasteiger partial charge in [0.2, 0.25) is 17.7 Å². The van der Waals surface area contributed by atoms with Crippen LogP contribution in [0.5, 0.6) is 5.75 Å². The van der Waals surface area contributed by atoms with Crippen molar-refractivity contribution in [3.63, 3.8) is 0 Å². The number of carbonyl (C=O) groups excluding carboxylic acids is 3. The van der Waals surface area contributed by atoms with Crippen LogP contribution in [0.3, 0.4) is 0 Å². The van der Waals surface area contributed by atoms with Crippen LogP contribution in [0.4, 0.5) is 0 Å². The van der Waals surface area contributed by atoms with Crippen molar-refractivity contribution in [2.75, 3.05) is 39.3 Å². The molecule has 220 valence electrons. The molecule has 0 saturated carbocycles. The van der Waals surface area contributed by atoms with Crippen molar-refractivity contribution in [1.82, 2.24) is 24.9 Å². The van der Waals surface area contributed by atoms with Crippen molar-refractivity contribution in [3.05, 3.63) is 102 Å². The molecule has 9 nitrogen and oxygen atoms in total. The van der Waals surface area contributed by atoms with Gasteiger partial charge < -0.3 is 19.9 Å². The minimum atomic E-state index is -0.391. The Labute approximate surface area is 250 Å². The lowest BCUT2D eigenvalue weighted by Crippen LogP contribution is -2.40. The molecule has 3 heterocycles. The fraction of sp³-hybridized carbons (Fsp3) is 0.294. The molecule has 0 spiro atoms. The zero-order chi connectivity index (χ0) is 29.6. The van der Waals surface area contributed by atoms with Crippen LogP contribution in [0.15, 0.2) is 91.1 Å². The lowest BCUT2D eigenvalue weighted by atomic mass is 9.88. The van der Waals surface area contributed by atoms with Gasteiger partial charge in [0.15, 0.2) is 0 Å². The highest BCUT2D eigenvalue weighted by molar-refractivity contribution is 5.93. The molecular weight excluding hydrogens is 542 g/mol. The van der Waals surface area contributed by atoms with Gasteiger partial charge in [0.25, 0.3) is 0 Å². The average Bonchev–Trinajstić information content (AvgIpc) is 3.66. The Morgan fingerprint density at radius 1 is 0.930 bits per heavy atom. The molecule has 1 N–H and O–H groups in total. The Morgan fingerprint density at radius 3 is 2.63 bits per heavy atom. The van der Waals surface area contributed by atoms with Gasteiger partial charge in [0.1, 0.15) is 18.9 Å². The fourth-order valence-corrected chi connectivity index (χ4v) is 5.89. The molecule has 0 radical (unpaired) electrons. The Kier molecular flexibility index (Phi) is 8.49. The van der Waals surface area contributed by atoms with E-state index in [-0.39, 0.29) is 30.2 Å². The number of carbonyl (C=O) groups is 3. The third-order valence-corrected chi connectivity index (χ3v) is 8.20. The number of likely N-dealkylation sites (tertiary alicyclic amines) is 1. The van der Waals surface area contributed by atoms with E-state index in [1.54, 1.807) is 32.8 Å². The zero-order valence-electron chi connectivity index (χ0n) is 24.0. The van der Waals surface area contributed by atoms with E-state index in [0.717, 1.165) is 22.0 Å². The van der Waals surface area contributed by atoms with Crippen molar-refractivity contribution in [1.29, 1.82) is 0 Å². The standard InChI is InChI=1S/C34H35N5O4/c40-32(15-14-25-8-2-1-3-9-25)38-22-29-26-11-6-12-28(20-26)43-19-18-37(17-7-16-35-34(42)30(29)23-38)33(41)24-39-31-13-5-4-10-27(31)21-36-39/h1-6,8-15,20-21,29-30H,7,16-19,22-24H2,(H,35,42)/b15-14+/t29-,30+/m1/s1. The zero-order valence-corrected chi connectivity index (χ0v) is 24.0. The third kappa shape index (κ3) is 6.61. The second kappa shape index (κ2) is 12.9. The predicted octanol–water partition coefficient (Wildman–Crippen LogP) is 3.72. The largest absolute Gasteiger partial charge is 0.492 e. The lowest BCUT2D eigenvalue weighted by Gasteiger charge is -2.25. The Balaban J connectivity index is 1.16. The maximum Gasteiger partial charge on any atom is 0.246 e. The summed E-state index contributed by atoms with van der Waals surface area (Å²) >= 11 is 0. The Bertz CT molecular complexity index is 1630. The molecule has 2 bridgehead atoms. The van der Waals surface area contributed by atoms with Crippen LogP contribution in [0.25, 0.3) is 17.0 Å². The summed E-state index contributed by atoms with van der Waals surface area (Å²) in [5.41, 5.74) is 2.81. The van der Waals surface area contributed by atoms with E-state index in [1.807, 2.05) is 78.9 Å². The van der Waals surface area contributed by atoms with Gasteiger partial charge >= 0.3 is 0 Å². The topological polar surface area (TPSA) is 96.8 Å². The summed E-state index contributed by atoms with van der Waals surface area (Å²) in [5, 5.41) is 8.47. The molecule has 43 heavy (non-hydrogen) atoms. The quantitative estimate of drug-likeness (QED) is 0.373. The number of para-hydroxylation sites is 1. The number of fused-ring (bicyclic) bond motifs is 5. The molecule has 1 aromatic heterocycles. The van der Waals surface area contributed by atoms with Gasteiger partial charge in [-0.25, -0.2) is 0 Å². The first-order chi connectivity index (χ1) is 21.0. The van der Waals surface area contributed by atoms with E-state index in [2.05, 4.69) is 10.4 Å². The first-order valence-corrected chi connectivity index (χ1v) is 14.8. The number of hydrogen-bond acceptors (Lipinski definition) is 5. The van der Waals surface area contributed by atoms with E-state index in [9.17, 15) is 14.4 Å². The summed E-state index contributed by atoms with van der Waals surface area (Å²) in [4.78, 5) is 43.5. The van der Waals surface area contributed by atoms with E-state index < -0.39 is 5.92 Å². The molecule has 2 atom stereocenters. The number of ether oxygens (including phenoxy) is 1. The maximum absolute atomic E-state index is 13.5. The number of nitrogens with zero attached hydrogens (tertiary/aromatic N) is 4. The van der Waals surface area contributed by atoms with Gasteiger partial charge in [-0.3, -0.25) is 19.1 Å². The summed E-state index contributed by atoms with van der Waals surface area (Å²) < 4.78 is 7.83. The molecule has 6 rings (SSSR count). The van der Waals surface area contributed by atoms with Crippen molar-refractivity contribution < 1.29 is 19.1 Å². The predicted molar refractivity (Wildman–Crippen MR) is 164 cm³/mol. The molecule has 0 aliphatic carbocycles. The fourth-order valence-electron chi connectivity index (χ4n) is 5.89. The van der Waals surface area contributed by atoms with Crippen LogP contribution >= 0.6 is 0 Å². The molecule has 1 saturated heterocycles. The lowest BCUT2D eigenvalue weighted by molar-refractivity contribution is -0.132. The number of nitrogens with one attached hydrogen (secondary N) is 1. The van der Waals surface area contributed by atoms with Crippen LogP contribution in [0.2, 0.25) is 0 Å². The molecule has 4 aromatic rings. The van der Waals surface area contributed by atoms with Crippen LogP contribution < -0.4 is 10.1 Å². The summed E-state index contributed by atoms with van der Waals surface area (Å²) in [6.45, 7) is 2.57.